The highest BCUT2D eigenvalue weighted by atomic mass is 15.2. The van der Waals surface area contributed by atoms with Gasteiger partial charge in [0.2, 0.25) is 5.95 Å². The number of hydrogen-bond acceptors (Lipinski definition) is 4. The summed E-state index contributed by atoms with van der Waals surface area (Å²) in [5, 5.41) is 19.5. The molecular weight excluding hydrogens is 516 g/mol. The molecule has 0 aliphatic carbocycles. The van der Waals surface area contributed by atoms with E-state index in [1.54, 1.807) is 6.20 Å². The first kappa shape index (κ1) is 21.7. The minimum absolute atomic E-state index is 0.263. The number of rotatable bonds is 1. The SMILES string of the molecule is N#Cc1nc(-n2c3ccccc3c3cc4c5ccccc5n5c6cc7ccccc7cc6c(c32)c45)nc2cccnc12. The fraction of sp³-hybridized carbons (Fsp3) is 0. The van der Waals surface area contributed by atoms with Crippen molar-refractivity contribution in [1.82, 2.24) is 23.9 Å². The second kappa shape index (κ2) is 7.57. The van der Waals surface area contributed by atoms with Crippen LogP contribution in [0.25, 0.3) is 87.7 Å². The fourth-order valence-electron chi connectivity index (χ4n) is 7.03. The molecule has 0 saturated carbocycles. The van der Waals surface area contributed by atoms with Crippen LogP contribution in [-0.2, 0) is 0 Å². The van der Waals surface area contributed by atoms with Gasteiger partial charge in [0, 0.05) is 38.5 Å². The summed E-state index contributed by atoms with van der Waals surface area (Å²) >= 11 is 0. The minimum Gasteiger partial charge on any atom is -0.308 e. The number of aromatic nitrogens is 5. The molecule has 10 aromatic rings. The highest BCUT2D eigenvalue weighted by Gasteiger charge is 2.25. The van der Waals surface area contributed by atoms with Crippen LogP contribution >= 0.6 is 0 Å². The lowest BCUT2D eigenvalue weighted by molar-refractivity contribution is 1.000. The summed E-state index contributed by atoms with van der Waals surface area (Å²) in [4.78, 5) is 14.2. The molecule has 0 fully saturated rings. The Morgan fingerprint density at radius 3 is 2.14 bits per heavy atom. The third kappa shape index (κ3) is 2.56. The summed E-state index contributed by atoms with van der Waals surface area (Å²) in [6, 6.07) is 38.5. The first-order valence-electron chi connectivity index (χ1n) is 13.9. The van der Waals surface area contributed by atoms with E-state index in [1.807, 2.05) is 18.2 Å². The fourth-order valence-corrected chi connectivity index (χ4v) is 7.03. The Morgan fingerprint density at radius 2 is 1.31 bits per heavy atom. The van der Waals surface area contributed by atoms with E-state index in [1.165, 1.54) is 43.5 Å². The lowest BCUT2D eigenvalue weighted by atomic mass is 10.0. The molecule has 6 heteroatoms. The zero-order valence-corrected chi connectivity index (χ0v) is 22.1. The molecule has 0 N–H and O–H groups in total. The Kier molecular flexibility index (Phi) is 3.91. The van der Waals surface area contributed by atoms with Gasteiger partial charge in [0.15, 0.2) is 5.69 Å². The Balaban J connectivity index is 1.52. The molecule has 0 radical (unpaired) electrons. The number of benzene rings is 5. The summed E-state index contributed by atoms with van der Waals surface area (Å²) in [6.07, 6.45) is 1.67. The van der Waals surface area contributed by atoms with Crippen LogP contribution in [-0.4, -0.2) is 23.9 Å². The molecule has 5 aromatic heterocycles. The van der Waals surface area contributed by atoms with E-state index in [0.717, 1.165) is 27.2 Å². The second-order valence-corrected chi connectivity index (χ2v) is 10.8. The highest BCUT2D eigenvalue weighted by Crippen LogP contribution is 2.46. The van der Waals surface area contributed by atoms with Gasteiger partial charge in [-0.1, -0.05) is 60.7 Å². The van der Waals surface area contributed by atoms with Crippen molar-refractivity contribution < 1.29 is 0 Å². The van der Waals surface area contributed by atoms with Gasteiger partial charge >= 0.3 is 0 Å². The van der Waals surface area contributed by atoms with Crippen molar-refractivity contribution in [2.75, 3.05) is 0 Å². The zero-order valence-electron chi connectivity index (χ0n) is 22.1. The monoisotopic (exact) mass is 534 g/mol. The first-order chi connectivity index (χ1) is 20.8. The van der Waals surface area contributed by atoms with Crippen LogP contribution in [0.15, 0.2) is 109 Å². The summed E-state index contributed by atoms with van der Waals surface area (Å²) < 4.78 is 4.55. The van der Waals surface area contributed by atoms with Gasteiger partial charge in [-0.15, -0.1) is 0 Å². The second-order valence-electron chi connectivity index (χ2n) is 10.8. The van der Waals surface area contributed by atoms with E-state index in [4.69, 9.17) is 9.97 Å². The molecule has 0 saturated heterocycles. The smallest absolute Gasteiger partial charge is 0.236 e. The van der Waals surface area contributed by atoms with Crippen molar-refractivity contribution in [1.29, 1.82) is 5.26 Å². The van der Waals surface area contributed by atoms with Crippen LogP contribution in [0.2, 0.25) is 0 Å². The van der Waals surface area contributed by atoms with Gasteiger partial charge < -0.3 is 4.40 Å². The van der Waals surface area contributed by atoms with Crippen molar-refractivity contribution in [2.24, 2.45) is 0 Å². The lowest BCUT2D eigenvalue weighted by Crippen LogP contribution is -2.04. The van der Waals surface area contributed by atoms with Crippen molar-refractivity contribution in [3.63, 3.8) is 0 Å². The van der Waals surface area contributed by atoms with E-state index in [9.17, 15) is 5.26 Å². The Bertz CT molecular complexity index is 2810. The number of nitriles is 1. The first-order valence-corrected chi connectivity index (χ1v) is 13.9. The lowest BCUT2D eigenvalue weighted by Gasteiger charge is -2.09. The Labute approximate surface area is 237 Å². The van der Waals surface area contributed by atoms with Crippen LogP contribution in [0.3, 0.4) is 0 Å². The molecule has 0 spiro atoms. The Hall–Kier alpha value is -6.06. The summed E-state index contributed by atoms with van der Waals surface area (Å²) in [6.45, 7) is 0. The molecule has 0 aliphatic heterocycles. The standard InChI is InChI=1S/C36H18N6/c37-19-28-33-27(12-7-15-38-33)39-36(40-28)42-30-14-6-4-11-23(30)25-18-24-22-10-3-5-13-29(22)41-31-17-21-9-2-1-8-20(21)16-26(31)32(34(24)41)35(25)42/h1-18H. The molecule has 10 rings (SSSR count). The molecule has 5 aromatic carbocycles. The van der Waals surface area contributed by atoms with Crippen LogP contribution in [0.4, 0.5) is 0 Å². The quantitative estimate of drug-likeness (QED) is 0.212. The number of nitrogens with zero attached hydrogens (tertiary/aromatic N) is 6. The van der Waals surface area contributed by atoms with Crippen LogP contribution in [0.1, 0.15) is 5.69 Å². The number of para-hydroxylation sites is 2. The van der Waals surface area contributed by atoms with Crippen molar-refractivity contribution in [3.8, 4) is 12.0 Å². The minimum atomic E-state index is 0.263. The Morgan fingerprint density at radius 1 is 0.595 bits per heavy atom. The van der Waals surface area contributed by atoms with E-state index >= 15 is 0 Å². The molecule has 0 bridgehead atoms. The highest BCUT2D eigenvalue weighted by molar-refractivity contribution is 6.34. The topological polar surface area (TPSA) is 71.8 Å². The predicted molar refractivity (Wildman–Crippen MR) is 169 cm³/mol. The molecule has 42 heavy (non-hydrogen) atoms. The van der Waals surface area contributed by atoms with Crippen molar-refractivity contribution in [3.05, 3.63) is 115 Å². The van der Waals surface area contributed by atoms with E-state index in [-0.39, 0.29) is 5.69 Å². The molecule has 0 unspecified atom stereocenters. The average Bonchev–Trinajstić information content (AvgIpc) is 3.67. The predicted octanol–water partition coefficient (Wildman–Crippen LogP) is 8.30. The van der Waals surface area contributed by atoms with Gasteiger partial charge in [0.05, 0.1) is 33.1 Å². The third-order valence-electron chi connectivity index (χ3n) is 8.71. The number of fused-ring (bicyclic) bond motifs is 12. The van der Waals surface area contributed by atoms with Gasteiger partial charge in [-0.05, 0) is 53.2 Å². The summed E-state index contributed by atoms with van der Waals surface area (Å²) in [7, 11) is 0. The van der Waals surface area contributed by atoms with Crippen LogP contribution in [0, 0.1) is 11.3 Å². The van der Waals surface area contributed by atoms with Gasteiger partial charge in [-0.3, -0.25) is 9.55 Å². The molecule has 192 valence electrons. The average molecular weight is 535 g/mol. The van der Waals surface area contributed by atoms with E-state index in [0.29, 0.717) is 17.0 Å². The number of pyridine rings is 1. The van der Waals surface area contributed by atoms with Crippen LogP contribution < -0.4 is 0 Å². The molecule has 0 amide bonds. The van der Waals surface area contributed by atoms with Crippen LogP contribution in [0.5, 0.6) is 0 Å². The van der Waals surface area contributed by atoms with Gasteiger partial charge in [0.25, 0.3) is 0 Å². The molecule has 0 atom stereocenters. The maximum absolute atomic E-state index is 10.1. The molecule has 5 heterocycles. The summed E-state index contributed by atoms with van der Waals surface area (Å²) in [5.41, 5.74) is 6.98. The largest absolute Gasteiger partial charge is 0.308 e. The third-order valence-corrected chi connectivity index (χ3v) is 8.71. The van der Waals surface area contributed by atoms with Gasteiger partial charge in [-0.25, -0.2) is 4.98 Å². The van der Waals surface area contributed by atoms with Gasteiger partial charge in [-0.2, -0.15) is 10.2 Å². The zero-order chi connectivity index (χ0) is 27.5. The van der Waals surface area contributed by atoms with E-state index in [2.05, 4.69) is 105 Å². The number of hydrogen-bond donors (Lipinski definition) is 0. The van der Waals surface area contributed by atoms with Crippen molar-refractivity contribution >= 4 is 81.7 Å². The maximum atomic E-state index is 10.1. The van der Waals surface area contributed by atoms with Crippen molar-refractivity contribution in [2.45, 2.75) is 0 Å². The normalized spacial score (nSPS) is 12.3. The molecule has 0 aliphatic rings. The van der Waals surface area contributed by atoms with Gasteiger partial charge in [0.1, 0.15) is 11.6 Å². The molecule has 6 nitrogen and oxygen atoms in total. The molecular formula is C36H18N6. The summed E-state index contributed by atoms with van der Waals surface area (Å²) in [5.74, 6) is 0.464. The van der Waals surface area contributed by atoms with E-state index < -0.39 is 0 Å². The maximum Gasteiger partial charge on any atom is 0.236 e.